The van der Waals surface area contributed by atoms with Crippen molar-refractivity contribution in [3.63, 3.8) is 0 Å². The minimum atomic E-state index is -1.06. The summed E-state index contributed by atoms with van der Waals surface area (Å²) in [4.78, 5) is 15.0. The number of carbonyl (C=O) groups is 1. The highest BCUT2D eigenvalue weighted by Crippen LogP contribution is 2.26. The smallest absolute Gasteiger partial charge is 0.357 e. The first-order valence-corrected chi connectivity index (χ1v) is 5.89. The number of nitrogens with zero attached hydrogens (tertiary/aromatic N) is 2. The number of aromatic nitrogens is 2. The van der Waals surface area contributed by atoms with E-state index in [1.54, 1.807) is 35.9 Å². The van der Waals surface area contributed by atoms with Gasteiger partial charge >= 0.3 is 5.97 Å². The van der Waals surface area contributed by atoms with Crippen LogP contribution in [0.3, 0.4) is 0 Å². The van der Waals surface area contributed by atoms with Crippen molar-refractivity contribution in [1.82, 2.24) is 9.55 Å². The van der Waals surface area contributed by atoms with Gasteiger partial charge in [-0.3, -0.25) is 0 Å². The summed E-state index contributed by atoms with van der Waals surface area (Å²) >= 11 is 9.00. The molecule has 1 aromatic heterocycles. The van der Waals surface area contributed by atoms with E-state index in [1.165, 1.54) is 0 Å². The molecular formula is C11H8BrClN2O2. The molecule has 2 rings (SSSR count). The van der Waals surface area contributed by atoms with Gasteiger partial charge in [0, 0.05) is 17.6 Å². The van der Waals surface area contributed by atoms with E-state index in [2.05, 4.69) is 20.9 Å². The molecule has 0 amide bonds. The molecule has 1 N–H and O–H groups in total. The van der Waals surface area contributed by atoms with Gasteiger partial charge < -0.3 is 9.67 Å². The number of benzene rings is 1. The highest BCUT2D eigenvalue weighted by molar-refractivity contribution is 9.10. The monoisotopic (exact) mass is 314 g/mol. The van der Waals surface area contributed by atoms with Gasteiger partial charge in [0.1, 0.15) is 10.4 Å². The van der Waals surface area contributed by atoms with Gasteiger partial charge in [0.2, 0.25) is 0 Å². The van der Waals surface area contributed by atoms with Gasteiger partial charge in [0.15, 0.2) is 5.69 Å². The number of hydrogen-bond donors (Lipinski definition) is 1. The lowest BCUT2D eigenvalue weighted by Gasteiger charge is -2.02. The van der Waals surface area contributed by atoms with E-state index in [9.17, 15) is 4.79 Å². The van der Waals surface area contributed by atoms with Crippen molar-refractivity contribution in [3.8, 4) is 11.4 Å². The lowest BCUT2D eigenvalue weighted by Crippen LogP contribution is -1.97. The van der Waals surface area contributed by atoms with Gasteiger partial charge in [0.05, 0.1) is 0 Å². The summed E-state index contributed by atoms with van der Waals surface area (Å²) < 4.78 is 2.11. The number of rotatable bonds is 2. The van der Waals surface area contributed by atoms with Crippen LogP contribution in [0.5, 0.6) is 0 Å². The fourth-order valence-electron chi connectivity index (χ4n) is 1.47. The number of hydrogen-bond acceptors (Lipinski definition) is 2. The van der Waals surface area contributed by atoms with Crippen molar-refractivity contribution in [1.29, 1.82) is 0 Å². The fraction of sp³-hybridized carbons (Fsp3) is 0.0909. The normalized spacial score (nSPS) is 10.5. The third-order valence-corrected chi connectivity index (χ3v) is 3.49. The molecule has 0 atom stereocenters. The first-order valence-electron chi connectivity index (χ1n) is 4.72. The largest absolute Gasteiger partial charge is 0.476 e. The maximum absolute atomic E-state index is 10.9. The van der Waals surface area contributed by atoms with E-state index in [-0.39, 0.29) is 5.69 Å². The second kappa shape index (κ2) is 4.50. The quantitative estimate of drug-likeness (QED) is 0.926. The van der Waals surface area contributed by atoms with Crippen LogP contribution in [0.4, 0.5) is 0 Å². The summed E-state index contributed by atoms with van der Waals surface area (Å²) in [6, 6.07) is 7.06. The number of carboxylic acid groups (broad SMARTS) is 1. The third kappa shape index (κ3) is 2.21. The zero-order valence-corrected chi connectivity index (χ0v) is 11.2. The van der Waals surface area contributed by atoms with E-state index in [4.69, 9.17) is 16.7 Å². The second-order valence-corrected chi connectivity index (χ2v) is 4.63. The first-order chi connectivity index (χ1) is 8.00. The molecule has 0 aliphatic carbocycles. The summed E-state index contributed by atoms with van der Waals surface area (Å²) in [6.45, 7) is 0. The Morgan fingerprint density at radius 2 is 2.00 bits per heavy atom. The molecule has 0 bridgehead atoms. The van der Waals surface area contributed by atoms with Crippen LogP contribution >= 0.6 is 27.5 Å². The van der Waals surface area contributed by atoms with Crippen LogP contribution in [0.2, 0.25) is 5.02 Å². The van der Waals surface area contributed by atoms with Gasteiger partial charge in [-0.2, -0.15) is 0 Å². The van der Waals surface area contributed by atoms with Crippen LogP contribution in [-0.4, -0.2) is 20.6 Å². The first kappa shape index (κ1) is 12.1. The number of aromatic carboxylic acids is 1. The maximum atomic E-state index is 10.9. The standard InChI is InChI=1S/C11H8BrClN2O2/c1-15-9(12)8(11(16)17)14-10(15)6-2-4-7(13)5-3-6/h2-5H,1H3,(H,16,17). The highest BCUT2D eigenvalue weighted by atomic mass is 79.9. The Morgan fingerprint density at radius 1 is 1.41 bits per heavy atom. The van der Waals surface area contributed by atoms with E-state index in [0.29, 0.717) is 15.5 Å². The third-order valence-electron chi connectivity index (χ3n) is 2.33. The van der Waals surface area contributed by atoms with Crippen molar-refractivity contribution < 1.29 is 9.90 Å². The number of halogens is 2. The van der Waals surface area contributed by atoms with Gasteiger partial charge in [-0.1, -0.05) is 11.6 Å². The molecule has 0 fully saturated rings. The van der Waals surface area contributed by atoms with Gasteiger partial charge in [0.25, 0.3) is 0 Å². The Morgan fingerprint density at radius 3 is 2.47 bits per heavy atom. The van der Waals surface area contributed by atoms with Crippen LogP contribution in [0.25, 0.3) is 11.4 Å². The Hall–Kier alpha value is -1.33. The molecule has 0 radical (unpaired) electrons. The summed E-state index contributed by atoms with van der Waals surface area (Å²) in [5.41, 5.74) is 0.808. The van der Waals surface area contributed by atoms with Gasteiger partial charge in [-0.05, 0) is 40.2 Å². The Kier molecular flexibility index (Phi) is 3.22. The van der Waals surface area contributed by atoms with Crippen molar-refractivity contribution in [2.45, 2.75) is 0 Å². The summed E-state index contributed by atoms with van der Waals surface area (Å²) in [5, 5.41) is 9.59. The van der Waals surface area contributed by atoms with Gasteiger partial charge in [-0.15, -0.1) is 0 Å². The predicted octanol–water partition coefficient (Wildman–Crippen LogP) is 3.20. The molecule has 0 aliphatic rings. The SMILES string of the molecule is Cn1c(-c2ccc(Cl)cc2)nc(C(=O)O)c1Br. The molecule has 0 unspecified atom stereocenters. The van der Waals surface area contributed by atoms with Crippen LogP contribution in [0.1, 0.15) is 10.5 Å². The molecule has 6 heteroatoms. The molecule has 0 saturated heterocycles. The van der Waals surface area contributed by atoms with Crippen molar-refractivity contribution in [2.24, 2.45) is 7.05 Å². The minimum absolute atomic E-state index is 0.00236. The summed E-state index contributed by atoms with van der Waals surface area (Å²) in [6.07, 6.45) is 0. The average Bonchev–Trinajstić information content (AvgIpc) is 2.58. The molecule has 0 saturated carbocycles. The summed E-state index contributed by atoms with van der Waals surface area (Å²) in [7, 11) is 1.74. The molecule has 2 aromatic rings. The zero-order valence-electron chi connectivity index (χ0n) is 8.82. The molecular weight excluding hydrogens is 307 g/mol. The number of imidazole rings is 1. The van der Waals surface area contributed by atoms with Crippen LogP contribution in [-0.2, 0) is 7.05 Å². The van der Waals surface area contributed by atoms with E-state index < -0.39 is 5.97 Å². The minimum Gasteiger partial charge on any atom is -0.476 e. The lowest BCUT2D eigenvalue weighted by atomic mass is 10.2. The molecule has 1 aromatic carbocycles. The number of carboxylic acids is 1. The molecule has 4 nitrogen and oxygen atoms in total. The highest BCUT2D eigenvalue weighted by Gasteiger charge is 2.18. The van der Waals surface area contributed by atoms with Crippen molar-refractivity contribution in [2.75, 3.05) is 0 Å². The fourth-order valence-corrected chi connectivity index (χ4v) is 2.02. The Bertz CT molecular complexity index is 578. The maximum Gasteiger partial charge on any atom is 0.357 e. The Labute approximate surface area is 111 Å². The van der Waals surface area contributed by atoms with Crippen LogP contribution in [0.15, 0.2) is 28.9 Å². The molecule has 1 heterocycles. The lowest BCUT2D eigenvalue weighted by molar-refractivity contribution is 0.0690. The van der Waals surface area contributed by atoms with E-state index in [1.807, 2.05) is 0 Å². The summed E-state index contributed by atoms with van der Waals surface area (Å²) in [5.74, 6) is -0.487. The van der Waals surface area contributed by atoms with Crippen molar-refractivity contribution in [3.05, 3.63) is 39.6 Å². The second-order valence-electron chi connectivity index (χ2n) is 3.45. The van der Waals surface area contributed by atoms with E-state index >= 15 is 0 Å². The zero-order chi connectivity index (χ0) is 12.6. The average molecular weight is 316 g/mol. The molecule has 88 valence electrons. The van der Waals surface area contributed by atoms with Crippen LogP contribution in [0, 0.1) is 0 Å². The predicted molar refractivity (Wildman–Crippen MR) is 68.3 cm³/mol. The Balaban J connectivity index is 2.56. The van der Waals surface area contributed by atoms with Crippen LogP contribution < -0.4 is 0 Å². The van der Waals surface area contributed by atoms with Gasteiger partial charge in [-0.25, -0.2) is 9.78 Å². The molecule has 0 spiro atoms. The van der Waals surface area contributed by atoms with Crippen molar-refractivity contribution >= 4 is 33.5 Å². The topological polar surface area (TPSA) is 55.1 Å². The van der Waals surface area contributed by atoms with E-state index in [0.717, 1.165) is 5.56 Å². The molecule has 17 heavy (non-hydrogen) atoms. The molecule has 0 aliphatic heterocycles.